The van der Waals surface area contributed by atoms with E-state index in [4.69, 9.17) is 23.2 Å². The summed E-state index contributed by atoms with van der Waals surface area (Å²) in [5.41, 5.74) is 2.83. The van der Waals surface area contributed by atoms with Crippen LogP contribution in [0.3, 0.4) is 0 Å². The lowest BCUT2D eigenvalue weighted by Gasteiger charge is -2.13. The number of hydrogen-bond donors (Lipinski definition) is 0. The van der Waals surface area contributed by atoms with Gasteiger partial charge in [0.15, 0.2) is 6.29 Å². The van der Waals surface area contributed by atoms with Gasteiger partial charge in [-0.25, -0.2) is 0 Å². The van der Waals surface area contributed by atoms with Crippen molar-refractivity contribution >= 4 is 41.6 Å². The Morgan fingerprint density at radius 2 is 1.75 bits per heavy atom. The van der Waals surface area contributed by atoms with Crippen molar-refractivity contribution in [3.63, 3.8) is 0 Å². The number of carbonyl (C=O) groups excluding carboxylic acids is 1. The topological polar surface area (TPSA) is 30.0 Å². The highest BCUT2D eigenvalue weighted by molar-refractivity contribution is 6.34. The van der Waals surface area contributed by atoms with E-state index in [1.165, 1.54) is 0 Å². The molecule has 0 N–H and O–H groups in total. The zero-order valence-corrected chi connectivity index (χ0v) is 12.1. The first-order valence-corrected chi connectivity index (χ1v) is 6.57. The molecule has 0 saturated heterocycles. The SMILES string of the molecule is C=Cc1c(Cl)cc(-c2ncccc2Cl)c(C=O)c1C=C. The summed E-state index contributed by atoms with van der Waals surface area (Å²) in [5.74, 6) is 0. The number of hydrogen-bond acceptors (Lipinski definition) is 2. The van der Waals surface area contributed by atoms with Crippen molar-refractivity contribution in [2.24, 2.45) is 0 Å². The van der Waals surface area contributed by atoms with Crippen LogP contribution in [0.5, 0.6) is 0 Å². The molecule has 20 heavy (non-hydrogen) atoms. The Balaban J connectivity index is 2.88. The highest BCUT2D eigenvalue weighted by atomic mass is 35.5. The van der Waals surface area contributed by atoms with E-state index in [0.29, 0.717) is 38.0 Å². The fraction of sp³-hybridized carbons (Fsp3) is 0. The molecular weight excluding hydrogens is 293 g/mol. The second-order valence-electron chi connectivity index (χ2n) is 4.01. The lowest BCUT2D eigenvalue weighted by atomic mass is 9.94. The number of pyridine rings is 1. The van der Waals surface area contributed by atoms with Crippen molar-refractivity contribution in [3.05, 3.63) is 64.3 Å². The van der Waals surface area contributed by atoms with E-state index in [1.807, 2.05) is 0 Å². The van der Waals surface area contributed by atoms with E-state index >= 15 is 0 Å². The van der Waals surface area contributed by atoms with Crippen LogP contribution in [0, 0.1) is 0 Å². The van der Waals surface area contributed by atoms with Gasteiger partial charge in [0.25, 0.3) is 0 Å². The van der Waals surface area contributed by atoms with Gasteiger partial charge in [-0.2, -0.15) is 0 Å². The number of carbonyl (C=O) groups is 1. The first kappa shape index (κ1) is 14.5. The van der Waals surface area contributed by atoms with Gasteiger partial charge in [-0.1, -0.05) is 48.5 Å². The molecule has 1 heterocycles. The van der Waals surface area contributed by atoms with Crippen molar-refractivity contribution in [1.29, 1.82) is 0 Å². The third kappa shape index (κ3) is 2.40. The summed E-state index contributed by atoms with van der Waals surface area (Å²) < 4.78 is 0. The van der Waals surface area contributed by atoms with Gasteiger partial charge in [0.05, 0.1) is 10.7 Å². The molecule has 1 aromatic heterocycles. The van der Waals surface area contributed by atoms with E-state index in [9.17, 15) is 4.79 Å². The molecule has 0 saturated carbocycles. The van der Waals surface area contributed by atoms with Crippen molar-refractivity contribution in [2.75, 3.05) is 0 Å². The highest BCUT2D eigenvalue weighted by Gasteiger charge is 2.17. The predicted molar refractivity (Wildman–Crippen MR) is 85.3 cm³/mol. The quantitative estimate of drug-likeness (QED) is 0.731. The summed E-state index contributed by atoms with van der Waals surface area (Å²) in [6.45, 7) is 7.43. The molecule has 0 bridgehead atoms. The molecule has 0 spiro atoms. The molecule has 2 rings (SSSR count). The lowest BCUT2D eigenvalue weighted by Crippen LogP contribution is -1.98. The maximum Gasteiger partial charge on any atom is 0.151 e. The van der Waals surface area contributed by atoms with Crippen LogP contribution in [0.15, 0.2) is 37.6 Å². The Kier molecular flexibility index (Phi) is 4.38. The summed E-state index contributed by atoms with van der Waals surface area (Å²) in [6.07, 6.45) is 5.53. The van der Waals surface area contributed by atoms with Crippen LogP contribution in [0.25, 0.3) is 23.4 Å². The Bertz CT molecular complexity index is 708. The molecule has 2 nitrogen and oxygen atoms in total. The molecule has 100 valence electrons. The van der Waals surface area contributed by atoms with Gasteiger partial charge < -0.3 is 0 Å². The Hall–Kier alpha value is -1.90. The molecule has 0 atom stereocenters. The third-order valence-corrected chi connectivity index (χ3v) is 3.56. The van der Waals surface area contributed by atoms with E-state index in [0.717, 1.165) is 6.29 Å². The van der Waals surface area contributed by atoms with Crippen molar-refractivity contribution in [3.8, 4) is 11.3 Å². The summed E-state index contributed by atoms with van der Waals surface area (Å²) in [5, 5.41) is 0.922. The summed E-state index contributed by atoms with van der Waals surface area (Å²) >= 11 is 12.4. The number of halogens is 2. The minimum Gasteiger partial charge on any atom is -0.298 e. The Morgan fingerprint density at radius 3 is 2.30 bits per heavy atom. The van der Waals surface area contributed by atoms with Gasteiger partial charge in [0.2, 0.25) is 0 Å². The zero-order chi connectivity index (χ0) is 14.7. The number of aromatic nitrogens is 1. The first-order chi connectivity index (χ1) is 9.63. The number of aldehydes is 1. The normalized spacial score (nSPS) is 10.1. The van der Waals surface area contributed by atoms with E-state index in [-0.39, 0.29) is 0 Å². The Morgan fingerprint density at radius 1 is 1.05 bits per heavy atom. The molecule has 0 fully saturated rings. The maximum atomic E-state index is 11.5. The van der Waals surface area contributed by atoms with Crippen LogP contribution in [0.4, 0.5) is 0 Å². The van der Waals surface area contributed by atoms with Crippen molar-refractivity contribution < 1.29 is 4.79 Å². The molecular formula is C16H11Cl2NO. The molecule has 0 aliphatic carbocycles. The summed E-state index contributed by atoms with van der Waals surface area (Å²) in [7, 11) is 0. The van der Waals surface area contributed by atoms with E-state index in [2.05, 4.69) is 18.1 Å². The van der Waals surface area contributed by atoms with Crippen LogP contribution < -0.4 is 0 Å². The number of rotatable bonds is 4. The van der Waals surface area contributed by atoms with Gasteiger partial charge in [0, 0.05) is 27.9 Å². The van der Waals surface area contributed by atoms with Crippen LogP contribution >= 0.6 is 23.2 Å². The standard InChI is InChI=1S/C16H11Cl2NO/c1-3-10-11(4-2)15(18)8-12(13(10)9-20)16-14(17)6-5-7-19-16/h3-9H,1-2H2. The first-order valence-electron chi connectivity index (χ1n) is 5.81. The fourth-order valence-corrected chi connectivity index (χ4v) is 2.55. The van der Waals surface area contributed by atoms with Gasteiger partial charge in [-0.3, -0.25) is 9.78 Å². The largest absolute Gasteiger partial charge is 0.298 e. The molecule has 1 aromatic carbocycles. The van der Waals surface area contributed by atoms with Gasteiger partial charge in [-0.05, 0) is 23.8 Å². The molecule has 0 unspecified atom stereocenters. The lowest BCUT2D eigenvalue weighted by molar-refractivity contribution is 0.112. The molecule has 0 aliphatic heterocycles. The predicted octanol–water partition coefficient (Wildman–Crippen LogP) is 5.15. The monoisotopic (exact) mass is 303 g/mol. The van der Waals surface area contributed by atoms with Crippen molar-refractivity contribution in [1.82, 2.24) is 4.98 Å². The minimum atomic E-state index is 0.444. The van der Waals surface area contributed by atoms with Crippen molar-refractivity contribution in [2.45, 2.75) is 0 Å². The van der Waals surface area contributed by atoms with E-state index < -0.39 is 0 Å². The van der Waals surface area contributed by atoms with Gasteiger partial charge in [-0.15, -0.1) is 0 Å². The third-order valence-electron chi connectivity index (χ3n) is 2.94. The van der Waals surface area contributed by atoms with Gasteiger partial charge >= 0.3 is 0 Å². The average molecular weight is 304 g/mol. The Labute approximate surface area is 127 Å². The smallest absolute Gasteiger partial charge is 0.151 e. The maximum absolute atomic E-state index is 11.5. The number of benzene rings is 1. The van der Waals surface area contributed by atoms with Crippen LogP contribution in [-0.2, 0) is 0 Å². The second-order valence-corrected chi connectivity index (χ2v) is 4.82. The molecule has 0 radical (unpaired) electrons. The van der Waals surface area contributed by atoms with E-state index in [1.54, 1.807) is 36.5 Å². The molecule has 0 amide bonds. The minimum absolute atomic E-state index is 0.444. The molecule has 2 aromatic rings. The average Bonchev–Trinajstić information content (AvgIpc) is 2.46. The molecule has 4 heteroatoms. The van der Waals surface area contributed by atoms with Gasteiger partial charge in [0.1, 0.15) is 0 Å². The highest BCUT2D eigenvalue weighted by Crippen LogP contribution is 2.35. The summed E-state index contributed by atoms with van der Waals surface area (Å²) in [6, 6.07) is 5.10. The van der Waals surface area contributed by atoms with Crippen LogP contribution in [0.1, 0.15) is 21.5 Å². The van der Waals surface area contributed by atoms with Crippen LogP contribution in [-0.4, -0.2) is 11.3 Å². The van der Waals surface area contributed by atoms with Crippen LogP contribution in [0.2, 0.25) is 10.0 Å². The second kappa shape index (κ2) is 6.04. The fourth-order valence-electron chi connectivity index (χ4n) is 2.04. The zero-order valence-electron chi connectivity index (χ0n) is 10.6. The number of nitrogens with zero attached hydrogens (tertiary/aromatic N) is 1. The summed E-state index contributed by atoms with van der Waals surface area (Å²) in [4.78, 5) is 15.7. The molecule has 0 aliphatic rings.